The molecule has 3 nitrogen and oxygen atoms in total. The van der Waals surface area contributed by atoms with Crippen molar-refractivity contribution >= 4 is 45.6 Å². The first-order chi connectivity index (χ1) is 13.1. The summed E-state index contributed by atoms with van der Waals surface area (Å²) in [7, 11) is 0. The van der Waals surface area contributed by atoms with E-state index in [1.54, 1.807) is 24.3 Å². The van der Waals surface area contributed by atoms with Crippen molar-refractivity contribution in [3.8, 4) is 0 Å². The van der Waals surface area contributed by atoms with Crippen molar-refractivity contribution in [2.24, 2.45) is 0 Å². The first kappa shape index (κ1) is 17.7. The molecule has 3 aromatic carbocycles. The van der Waals surface area contributed by atoms with Crippen LogP contribution < -0.4 is 5.32 Å². The van der Waals surface area contributed by atoms with Crippen LogP contribution in [0.25, 0.3) is 11.0 Å². The summed E-state index contributed by atoms with van der Waals surface area (Å²) in [4.78, 5) is 13.0. The van der Waals surface area contributed by atoms with Gasteiger partial charge in [-0.1, -0.05) is 53.5 Å². The molecule has 0 aliphatic rings. The summed E-state index contributed by atoms with van der Waals surface area (Å²) in [6.45, 7) is 0.476. The molecular weight excluding hydrogens is 381 g/mol. The Morgan fingerprint density at radius 1 is 0.889 bits per heavy atom. The van der Waals surface area contributed by atoms with Gasteiger partial charge in [0.15, 0.2) is 5.76 Å². The Morgan fingerprint density at radius 2 is 1.59 bits per heavy atom. The number of hydrogen-bond donors (Lipinski definition) is 1. The molecule has 134 valence electrons. The van der Waals surface area contributed by atoms with Gasteiger partial charge in [-0.05, 0) is 48.0 Å². The monoisotopic (exact) mass is 395 g/mol. The van der Waals surface area contributed by atoms with Crippen LogP contribution in [0.2, 0.25) is 10.0 Å². The van der Waals surface area contributed by atoms with Gasteiger partial charge in [-0.25, -0.2) is 0 Å². The van der Waals surface area contributed by atoms with Gasteiger partial charge in [-0.15, -0.1) is 0 Å². The van der Waals surface area contributed by atoms with E-state index in [0.717, 1.165) is 10.9 Å². The summed E-state index contributed by atoms with van der Waals surface area (Å²) in [6.07, 6.45) is 0. The van der Waals surface area contributed by atoms with Crippen LogP contribution in [0.15, 0.2) is 77.2 Å². The summed E-state index contributed by atoms with van der Waals surface area (Å²) in [6, 6.07) is 21.9. The van der Waals surface area contributed by atoms with Crippen molar-refractivity contribution in [1.29, 1.82) is 0 Å². The second kappa shape index (κ2) is 7.47. The minimum Gasteiger partial charge on any atom is -0.450 e. The first-order valence-electron chi connectivity index (χ1n) is 8.42. The zero-order valence-corrected chi connectivity index (χ0v) is 15.7. The molecule has 0 bridgehead atoms. The number of carbonyl (C=O) groups is 1. The lowest BCUT2D eigenvalue weighted by molar-refractivity contribution is 0.101. The highest BCUT2D eigenvalue weighted by Gasteiger charge is 2.22. The molecule has 0 spiro atoms. The third-order valence-corrected chi connectivity index (χ3v) is 4.94. The van der Waals surface area contributed by atoms with Crippen molar-refractivity contribution in [2.75, 3.05) is 5.32 Å². The number of halogens is 2. The third-order valence-electron chi connectivity index (χ3n) is 4.32. The largest absolute Gasteiger partial charge is 0.450 e. The van der Waals surface area contributed by atoms with Crippen LogP contribution in [-0.2, 0) is 6.54 Å². The first-order valence-corrected chi connectivity index (χ1v) is 9.18. The number of hydrogen-bond acceptors (Lipinski definition) is 3. The molecule has 4 aromatic rings. The van der Waals surface area contributed by atoms with E-state index >= 15 is 0 Å². The molecule has 0 atom stereocenters. The van der Waals surface area contributed by atoms with Crippen LogP contribution in [0, 0.1) is 0 Å². The van der Waals surface area contributed by atoms with Gasteiger partial charge in [0.1, 0.15) is 5.58 Å². The molecular formula is C22H15Cl2NO2. The predicted molar refractivity (Wildman–Crippen MR) is 110 cm³/mol. The smallest absolute Gasteiger partial charge is 0.230 e. The molecule has 0 saturated carbocycles. The van der Waals surface area contributed by atoms with Gasteiger partial charge < -0.3 is 9.73 Å². The lowest BCUT2D eigenvalue weighted by atomic mass is 10.1. The highest BCUT2D eigenvalue weighted by Crippen LogP contribution is 2.33. The van der Waals surface area contributed by atoms with Gasteiger partial charge in [0, 0.05) is 27.5 Å². The molecule has 1 heterocycles. The molecule has 5 heteroatoms. The number of para-hydroxylation sites is 1. The molecule has 1 aromatic heterocycles. The van der Waals surface area contributed by atoms with Crippen molar-refractivity contribution in [3.63, 3.8) is 0 Å². The van der Waals surface area contributed by atoms with Crippen LogP contribution in [0.4, 0.5) is 5.69 Å². The zero-order chi connectivity index (χ0) is 18.8. The minimum atomic E-state index is -0.204. The number of furan rings is 1. The van der Waals surface area contributed by atoms with E-state index in [1.807, 2.05) is 48.5 Å². The molecule has 0 unspecified atom stereocenters. The molecule has 0 fully saturated rings. The number of anilines is 1. The van der Waals surface area contributed by atoms with E-state index < -0.39 is 0 Å². The number of benzene rings is 3. The van der Waals surface area contributed by atoms with E-state index in [0.29, 0.717) is 33.4 Å². The van der Waals surface area contributed by atoms with E-state index in [2.05, 4.69) is 5.32 Å². The maximum absolute atomic E-state index is 13.0. The van der Waals surface area contributed by atoms with Crippen molar-refractivity contribution in [1.82, 2.24) is 0 Å². The number of rotatable bonds is 5. The van der Waals surface area contributed by atoms with Crippen LogP contribution >= 0.6 is 23.2 Å². The lowest BCUT2D eigenvalue weighted by Crippen LogP contribution is -2.06. The summed E-state index contributed by atoms with van der Waals surface area (Å²) in [5, 5.41) is 5.43. The third kappa shape index (κ3) is 3.57. The number of nitrogens with one attached hydrogen (secondary N) is 1. The van der Waals surface area contributed by atoms with Gasteiger partial charge in [0.05, 0.1) is 5.69 Å². The van der Waals surface area contributed by atoms with Gasteiger partial charge >= 0.3 is 0 Å². The average Bonchev–Trinajstić information content (AvgIpc) is 3.06. The minimum absolute atomic E-state index is 0.204. The maximum Gasteiger partial charge on any atom is 0.230 e. The van der Waals surface area contributed by atoms with Gasteiger partial charge in [-0.2, -0.15) is 0 Å². The Kier molecular flexibility index (Phi) is 4.88. The SMILES string of the molecule is O=C(c1ccc(Cl)cc1)c1oc2ccccc2c1NCc1ccccc1Cl. The normalized spacial score (nSPS) is 10.9. The van der Waals surface area contributed by atoms with Gasteiger partial charge in [0.2, 0.25) is 5.78 Å². The molecule has 0 amide bonds. The van der Waals surface area contributed by atoms with E-state index in [9.17, 15) is 4.79 Å². The average molecular weight is 396 g/mol. The second-order valence-electron chi connectivity index (χ2n) is 6.08. The van der Waals surface area contributed by atoms with E-state index in [-0.39, 0.29) is 11.5 Å². The van der Waals surface area contributed by atoms with E-state index in [4.69, 9.17) is 27.6 Å². The fraction of sp³-hybridized carbons (Fsp3) is 0.0455. The Bertz CT molecular complexity index is 1120. The van der Waals surface area contributed by atoms with Crippen molar-refractivity contribution in [3.05, 3.63) is 99.7 Å². The summed E-state index contributed by atoms with van der Waals surface area (Å²) < 4.78 is 5.89. The Labute approximate surface area is 166 Å². The topological polar surface area (TPSA) is 42.2 Å². The number of fused-ring (bicyclic) bond motifs is 1. The zero-order valence-electron chi connectivity index (χ0n) is 14.2. The summed E-state index contributed by atoms with van der Waals surface area (Å²) in [5.41, 5.74) is 2.76. The fourth-order valence-electron chi connectivity index (χ4n) is 2.94. The van der Waals surface area contributed by atoms with Crippen LogP contribution in [-0.4, -0.2) is 5.78 Å². The highest BCUT2D eigenvalue weighted by atomic mass is 35.5. The van der Waals surface area contributed by atoms with Crippen molar-refractivity contribution < 1.29 is 9.21 Å². The van der Waals surface area contributed by atoms with Crippen LogP contribution in [0.3, 0.4) is 0 Å². The maximum atomic E-state index is 13.0. The highest BCUT2D eigenvalue weighted by molar-refractivity contribution is 6.31. The molecule has 0 saturated heterocycles. The summed E-state index contributed by atoms with van der Waals surface area (Å²) >= 11 is 12.2. The fourth-order valence-corrected chi connectivity index (χ4v) is 3.27. The number of ketones is 1. The van der Waals surface area contributed by atoms with Crippen LogP contribution in [0.5, 0.6) is 0 Å². The molecule has 0 aliphatic heterocycles. The Balaban J connectivity index is 1.74. The van der Waals surface area contributed by atoms with Crippen LogP contribution in [0.1, 0.15) is 21.7 Å². The molecule has 27 heavy (non-hydrogen) atoms. The predicted octanol–water partition coefficient (Wildman–Crippen LogP) is 6.58. The van der Waals surface area contributed by atoms with Gasteiger partial charge in [-0.3, -0.25) is 4.79 Å². The second-order valence-corrected chi connectivity index (χ2v) is 6.93. The van der Waals surface area contributed by atoms with E-state index in [1.165, 1.54) is 0 Å². The standard InChI is InChI=1S/C22H15Cl2NO2/c23-16-11-9-14(10-12-16)21(26)22-20(17-6-2-4-8-19(17)27-22)25-13-15-5-1-3-7-18(15)24/h1-12,25H,13H2. The molecule has 1 N–H and O–H groups in total. The lowest BCUT2D eigenvalue weighted by Gasteiger charge is -2.08. The quantitative estimate of drug-likeness (QED) is 0.387. The number of carbonyl (C=O) groups excluding carboxylic acids is 1. The molecule has 4 rings (SSSR count). The Morgan fingerprint density at radius 3 is 2.37 bits per heavy atom. The van der Waals surface area contributed by atoms with Gasteiger partial charge in [0.25, 0.3) is 0 Å². The van der Waals surface area contributed by atoms with Crippen molar-refractivity contribution in [2.45, 2.75) is 6.54 Å². The molecule has 0 radical (unpaired) electrons. The summed E-state index contributed by atoms with van der Waals surface area (Å²) in [5.74, 6) is 0.0649. The Hall–Kier alpha value is -2.75. The molecule has 0 aliphatic carbocycles.